The minimum Gasteiger partial charge on any atom is -0.383 e. The highest BCUT2D eigenvalue weighted by Gasteiger charge is 2.34. The van der Waals surface area contributed by atoms with Crippen LogP contribution in [0, 0.1) is 5.92 Å². The monoisotopic (exact) mass is 254 g/mol. The van der Waals surface area contributed by atoms with E-state index in [0.717, 1.165) is 31.7 Å². The van der Waals surface area contributed by atoms with Crippen LogP contribution in [0.2, 0.25) is 0 Å². The molecule has 2 N–H and O–H groups in total. The third-order valence-corrected chi connectivity index (χ3v) is 4.64. The number of ether oxygens (including phenoxy) is 1. The van der Waals surface area contributed by atoms with Crippen LogP contribution in [0.15, 0.2) is 0 Å². The highest BCUT2D eigenvalue weighted by molar-refractivity contribution is 4.90. The fourth-order valence-corrected chi connectivity index (χ4v) is 3.44. The average molecular weight is 254 g/mol. The maximum atomic E-state index is 6.05. The first-order chi connectivity index (χ1) is 8.85. The van der Waals surface area contributed by atoms with Crippen LogP contribution in [0.3, 0.4) is 0 Å². The number of hydrogen-bond acceptors (Lipinski definition) is 3. The van der Waals surface area contributed by atoms with Gasteiger partial charge in [-0.2, -0.15) is 0 Å². The van der Waals surface area contributed by atoms with Crippen LogP contribution in [0.5, 0.6) is 0 Å². The molecule has 1 unspecified atom stereocenters. The van der Waals surface area contributed by atoms with Crippen LogP contribution in [-0.4, -0.2) is 43.8 Å². The molecule has 0 aromatic carbocycles. The van der Waals surface area contributed by atoms with Crippen molar-refractivity contribution in [3.8, 4) is 0 Å². The minimum absolute atomic E-state index is 0.593. The first-order valence-corrected chi connectivity index (χ1v) is 7.80. The summed E-state index contributed by atoms with van der Waals surface area (Å²) in [5, 5.41) is 0. The van der Waals surface area contributed by atoms with Crippen molar-refractivity contribution in [2.24, 2.45) is 11.7 Å². The summed E-state index contributed by atoms with van der Waals surface area (Å²) in [5.41, 5.74) is 6.05. The maximum absolute atomic E-state index is 6.05. The van der Waals surface area contributed by atoms with Crippen molar-refractivity contribution in [2.75, 3.05) is 26.8 Å². The molecule has 0 aromatic rings. The molecule has 3 nitrogen and oxygen atoms in total. The third kappa shape index (κ3) is 4.22. The SMILES string of the molecule is COCCN(C1CC1)C(CN)CC1CCCCC1. The summed E-state index contributed by atoms with van der Waals surface area (Å²) in [4.78, 5) is 2.64. The minimum atomic E-state index is 0.593. The molecule has 0 aliphatic heterocycles. The molecule has 0 heterocycles. The quantitative estimate of drug-likeness (QED) is 0.723. The largest absolute Gasteiger partial charge is 0.383 e. The van der Waals surface area contributed by atoms with Crippen molar-refractivity contribution in [1.29, 1.82) is 0 Å². The number of rotatable bonds is 8. The van der Waals surface area contributed by atoms with Gasteiger partial charge in [0.15, 0.2) is 0 Å². The van der Waals surface area contributed by atoms with Crippen molar-refractivity contribution in [3.63, 3.8) is 0 Å². The molecular formula is C15H30N2O. The summed E-state index contributed by atoms with van der Waals surface area (Å²) in [6, 6.07) is 1.40. The fraction of sp³-hybridized carbons (Fsp3) is 1.00. The zero-order valence-electron chi connectivity index (χ0n) is 11.9. The molecular weight excluding hydrogens is 224 g/mol. The van der Waals surface area contributed by atoms with Crippen molar-refractivity contribution in [1.82, 2.24) is 4.90 Å². The smallest absolute Gasteiger partial charge is 0.0589 e. The van der Waals surface area contributed by atoms with E-state index in [0.29, 0.717) is 6.04 Å². The molecule has 3 heteroatoms. The van der Waals surface area contributed by atoms with Gasteiger partial charge in [0.25, 0.3) is 0 Å². The second-order valence-electron chi connectivity index (χ2n) is 6.09. The normalized spacial score (nSPS) is 23.5. The average Bonchev–Trinajstić information content (AvgIpc) is 3.23. The van der Waals surface area contributed by atoms with Gasteiger partial charge in [0.2, 0.25) is 0 Å². The van der Waals surface area contributed by atoms with Gasteiger partial charge in [-0.1, -0.05) is 32.1 Å². The first kappa shape index (κ1) is 14.3. The van der Waals surface area contributed by atoms with Gasteiger partial charge in [-0.05, 0) is 25.2 Å². The van der Waals surface area contributed by atoms with Gasteiger partial charge in [-0.3, -0.25) is 4.90 Å². The molecule has 0 saturated heterocycles. The van der Waals surface area contributed by atoms with E-state index in [1.165, 1.54) is 51.4 Å². The Morgan fingerprint density at radius 3 is 2.44 bits per heavy atom. The van der Waals surface area contributed by atoms with Gasteiger partial charge in [-0.15, -0.1) is 0 Å². The topological polar surface area (TPSA) is 38.5 Å². The Kier molecular flexibility index (Phi) is 5.93. The van der Waals surface area contributed by atoms with E-state index in [4.69, 9.17) is 10.5 Å². The van der Waals surface area contributed by atoms with Crippen LogP contribution >= 0.6 is 0 Å². The summed E-state index contributed by atoms with van der Waals surface area (Å²) in [6.07, 6.45) is 11.2. The zero-order valence-corrected chi connectivity index (χ0v) is 11.9. The van der Waals surface area contributed by atoms with Crippen LogP contribution in [0.4, 0.5) is 0 Å². The summed E-state index contributed by atoms with van der Waals surface area (Å²) in [5.74, 6) is 0.927. The van der Waals surface area contributed by atoms with Crippen LogP contribution in [0.1, 0.15) is 51.4 Å². The van der Waals surface area contributed by atoms with E-state index in [9.17, 15) is 0 Å². The molecule has 2 rings (SSSR count). The van der Waals surface area contributed by atoms with Crippen molar-refractivity contribution in [3.05, 3.63) is 0 Å². The van der Waals surface area contributed by atoms with E-state index >= 15 is 0 Å². The van der Waals surface area contributed by atoms with Gasteiger partial charge in [0.05, 0.1) is 6.61 Å². The fourth-order valence-electron chi connectivity index (χ4n) is 3.44. The van der Waals surface area contributed by atoms with Crippen LogP contribution in [-0.2, 0) is 4.74 Å². The lowest BCUT2D eigenvalue weighted by Crippen LogP contribution is -2.45. The van der Waals surface area contributed by atoms with Crippen molar-refractivity contribution < 1.29 is 4.74 Å². The highest BCUT2D eigenvalue weighted by Crippen LogP contribution is 2.33. The molecule has 2 aliphatic carbocycles. The lowest BCUT2D eigenvalue weighted by molar-refractivity contribution is 0.100. The number of methoxy groups -OCH3 is 1. The van der Waals surface area contributed by atoms with E-state index in [2.05, 4.69) is 4.90 Å². The summed E-state index contributed by atoms with van der Waals surface area (Å²) in [7, 11) is 1.80. The lowest BCUT2D eigenvalue weighted by Gasteiger charge is -2.34. The second-order valence-corrected chi connectivity index (χ2v) is 6.09. The van der Waals surface area contributed by atoms with Crippen LogP contribution < -0.4 is 5.73 Å². The van der Waals surface area contributed by atoms with E-state index < -0.39 is 0 Å². The molecule has 2 fully saturated rings. The van der Waals surface area contributed by atoms with E-state index in [-0.39, 0.29) is 0 Å². The summed E-state index contributed by atoms with van der Waals surface area (Å²) < 4.78 is 5.25. The Hall–Kier alpha value is -0.120. The van der Waals surface area contributed by atoms with Crippen molar-refractivity contribution >= 4 is 0 Å². The van der Waals surface area contributed by atoms with Gasteiger partial charge in [0.1, 0.15) is 0 Å². The molecule has 0 bridgehead atoms. The molecule has 2 saturated carbocycles. The van der Waals surface area contributed by atoms with E-state index in [1.54, 1.807) is 7.11 Å². The molecule has 0 radical (unpaired) electrons. The Labute approximate surface area is 112 Å². The van der Waals surface area contributed by atoms with Crippen LogP contribution in [0.25, 0.3) is 0 Å². The Morgan fingerprint density at radius 1 is 1.17 bits per heavy atom. The maximum Gasteiger partial charge on any atom is 0.0589 e. The Bertz CT molecular complexity index is 225. The molecule has 18 heavy (non-hydrogen) atoms. The Balaban J connectivity index is 1.83. The first-order valence-electron chi connectivity index (χ1n) is 7.80. The van der Waals surface area contributed by atoms with E-state index in [1.807, 2.05) is 0 Å². The standard InChI is InChI=1S/C15H30N2O/c1-18-10-9-17(14-7-8-14)15(12-16)11-13-5-3-2-4-6-13/h13-15H,2-12,16H2,1H3. The molecule has 106 valence electrons. The Morgan fingerprint density at radius 2 is 1.89 bits per heavy atom. The molecule has 0 amide bonds. The lowest BCUT2D eigenvalue weighted by atomic mass is 9.84. The number of hydrogen-bond donors (Lipinski definition) is 1. The van der Waals surface area contributed by atoms with Gasteiger partial charge >= 0.3 is 0 Å². The third-order valence-electron chi connectivity index (χ3n) is 4.64. The molecule has 2 aliphatic rings. The van der Waals surface area contributed by atoms with Crippen molar-refractivity contribution in [2.45, 2.75) is 63.5 Å². The molecule has 0 spiro atoms. The number of nitrogens with zero attached hydrogens (tertiary/aromatic N) is 1. The van der Waals surface area contributed by atoms with Gasteiger partial charge < -0.3 is 10.5 Å². The summed E-state index contributed by atoms with van der Waals surface area (Å²) in [6.45, 7) is 2.73. The summed E-state index contributed by atoms with van der Waals surface area (Å²) >= 11 is 0. The highest BCUT2D eigenvalue weighted by atomic mass is 16.5. The molecule has 0 aromatic heterocycles. The predicted molar refractivity (Wildman–Crippen MR) is 75.6 cm³/mol. The van der Waals surface area contributed by atoms with Gasteiger partial charge in [-0.25, -0.2) is 0 Å². The second kappa shape index (κ2) is 7.46. The van der Waals surface area contributed by atoms with Gasteiger partial charge in [0, 0.05) is 32.3 Å². The predicted octanol–water partition coefficient (Wildman–Crippen LogP) is 2.39. The number of nitrogens with two attached hydrogens (primary N) is 1. The molecule has 1 atom stereocenters. The zero-order chi connectivity index (χ0) is 12.8.